The monoisotopic (exact) mass is 325 g/mol. The van der Waals surface area contributed by atoms with Gasteiger partial charge in [-0.1, -0.05) is 53.0 Å². The van der Waals surface area contributed by atoms with E-state index in [0.717, 1.165) is 0 Å². The topological polar surface area (TPSA) is 12.0 Å². The second-order valence-electron chi connectivity index (χ2n) is 5.31. The number of benzene rings is 2. The van der Waals surface area contributed by atoms with Gasteiger partial charge < -0.3 is 5.32 Å². The number of nitrogens with one attached hydrogen (secondary N) is 1. The number of rotatable bonds is 4. The first-order valence-electron chi connectivity index (χ1n) is 6.85. The van der Waals surface area contributed by atoms with Crippen LogP contribution in [0.25, 0.3) is 0 Å². The first kappa shape index (κ1) is 16.3. The minimum absolute atomic E-state index is 0.0440. The highest BCUT2D eigenvalue weighted by Crippen LogP contribution is 2.30. The molecule has 2 aromatic rings. The van der Waals surface area contributed by atoms with E-state index in [-0.39, 0.29) is 17.1 Å². The zero-order valence-corrected chi connectivity index (χ0v) is 13.8. The zero-order valence-electron chi connectivity index (χ0n) is 12.3. The molecule has 0 fully saturated rings. The molecular formula is C17H18Cl2FN. The largest absolute Gasteiger partial charge is 0.304 e. The molecule has 0 amide bonds. The number of hydrogen-bond donors (Lipinski definition) is 1. The first-order chi connectivity index (χ1) is 9.88. The third-order valence-electron chi connectivity index (χ3n) is 3.58. The molecule has 1 nitrogen and oxygen atoms in total. The normalized spacial score (nSPS) is 14.0. The van der Waals surface area contributed by atoms with E-state index in [2.05, 4.69) is 43.4 Å². The lowest BCUT2D eigenvalue weighted by molar-refractivity contribution is 0.492. The van der Waals surface area contributed by atoms with Gasteiger partial charge in [0.2, 0.25) is 0 Å². The molecule has 2 rings (SSSR count). The van der Waals surface area contributed by atoms with Crippen LogP contribution in [0, 0.1) is 12.7 Å². The lowest BCUT2D eigenvalue weighted by Gasteiger charge is -2.22. The molecule has 0 aliphatic rings. The predicted octanol–water partition coefficient (Wildman–Crippen LogP) is 5.85. The van der Waals surface area contributed by atoms with E-state index in [1.807, 2.05) is 6.92 Å². The van der Waals surface area contributed by atoms with Crippen LogP contribution in [-0.4, -0.2) is 0 Å². The summed E-state index contributed by atoms with van der Waals surface area (Å²) in [4.78, 5) is 0. The van der Waals surface area contributed by atoms with Gasteiger partial charge in [0.05, 0.1) is 5.02 Å². The van der Waals surface area contributed by atoms with E-state index in [4.69, 9.17) is 23.2 Å². The lowest BCUT2D eigenvalue weighted by atomic mass is 10.0. The van der Waals surface area contributed by atoms with Crippen LogP contribution in [0.2, 0.25) is 10.0 Å². The van der Waals surface area contributed by atoms with Gasteiger partial charge in [0.1, 0.15) is 5.82 Å². The summed E-state index contributed by atoms with van der Waals surface area (Å²) in [5.41, 5.74) is 3.11. The molecule has 0 aliphatic carbocycles. The minimum Gasteiger partial charge on any atom is -0.304 e. The molecule has 2 aromatic carbocycles. The van der Waals surface area contributed by atoms with E-state index in [0.29, 0.717) is 10.6 Å². The van der Waals surface area contributed by atoms with Gasteiger partial charge in [-0.3, -0.25) is 0 Å². The van der Waals surface area contributed by atoms with Crippen LogP contribution in [0.4, 0.5) is 4.39 Å². The van der Waals surface area contributed by atoms with Gasteiger partial charge in [0.25, 0.3) is 0 Å². The van der Waals surface area contributed by atoms with Crippen molar-refractivity contribution in [1.29, 1.82) is 0 Å². The van der Waals surface area contributed by atoms with Crippen molar-refractivity contribution < 1.29 is 4.39 Å². The fourth-order valence-electron chi connectivity index (χ4n) is 2.29. The van der Waals surface area contributed by atoms with Gasteiger partial charge in [0.15, 0.2) is 0 Å². The Balaban J connectivity index is 2.15. The van der Waals surface area contributed by atoms with Crippen LogP contribution in [0.1, 0.15) is 42.6 Å². The summed E-state index contributed by atoms with van der Waals surface area (Å²) in [5.74, 6) is -0.451. The van der Waals surface area contributed by atoms with Crippen molar-refractivity contribution in [3.8, 4) is 0 Å². The van der Waals surface area contributed by atoms with Crippen LogP contribution in [-0.2, 0) is 0 Å². The molecule has 0 bridgehead atoms. The lowest BCUT2D eigenvalue weighted by Crippen LogP contribution is -2.22. The molecule has 0 heterocycles. The summed E-state index contributed by atoms with van der Waals surface area (Å²) in [6.07, 6.45) is 0. The third kappa shape index (κ3) is 3.97. The maximum absolute atomic E-state index is 13.6. The summed E-state index contributed by atoms with van der Waals surface area (Å²) in [5, 5.41) is 3.94. The van der Waals surface area contributed by atoms with Crippen LogP contribution < -0.4 is 5.32 Å². The molecule has 0 aromatic heterocycles. The summed E-state index contributed by atoms with van der Waals surface area (Å²) < 4.78 is 13.6. The highest BCUT2D eigenvalue weighted by molar-refractivity contribution is 6.35. The zero-order chi connectivity index (χ0) is 15.6. The van der Waals surface area contributed by atoms with Crippen molar-refractivity contribution in [2.24, 2.45) is 0 Å². The summed E-state index contributed by atoms with van der Waals surface area (Å²) in [6, 6.07) is 11.2. The minimum atomic E-state index is -0.451. The van der Waals surface area contributed by atoms with Crippen LogP contribution in [0.3, 0.4) is 0 Å². The van der Waals surface area contributed by atoms with Gasteiger partial charge in [0, 0.05) is 17.1 Å². The molecule has 0 saturated carbocycles. The highest BCUT2D eigenvalue weighted by atomic mass is 35.5. The van der Waals surface area contributed by atoms with E-state index < -0.39 is 5.82 Å². The van der Waals surface area contributed by atoms with Crippen molar-refractivity contribution in [2.45, 2.75) is 32.9 Å². The summed E-state index contributed by atoms with van der Waals surface area (Å²) in [6.45, 7) is 6.08. The molecule has 4 heteroatoms. The Kier molecular flexibility index (Phi) is 5.26. The molecule has 1 unspecified atom stereocenters. The van der Waals surface area contributed by atoms with Gasteiger partial charge in [-0.2, -0.15) is 0 Å². The molecular weight excluding hydrogens is 308 g/mol. The highest BCUT2D eigenvalue weighted by Gasteiger charge is 2.16. The number of hydrogen-bond acceptors (Lipinski definition) is 1. The van der Waals surface area contributed by atoms with Crippen molar-refractivity contribution in [2.75, 3.05) is 0 Å². The van der Waals surface area contributed by atoms with E-state index in [1.54, 1.807) is 0 Å². The van der Waals surface area contributed by atoms with E-state index in [1.165, 1.54) is 23.3 Å². The maximum Gasteiger partial charge on any atom is 0.142 e. The summed E-state index contributed by atoms with van der Waals surface area (Å²) >= 11 is 11.9. The average Bonchev–Trinajstić information content (AvgIpc) is 2.43. The molecule has 2 atom stereocenters. The van der Waals surface area contributed by atoms with Gasteiger partial charge in [-0.15, -0.1) is 0 Å². The van der Waals surface area contributed by atoms with Gasteiger partial charge >= 0.3 is 0 Å². The third-order valence-corrected chi connectivity index (χ3v) is 4.20. The molecule has 0 radical (unpaired) electrons. The fourth-order valence-corrected chi connectivity index (χ4v) is 2.83. The Labute approximate surface area is 135 Å². The maximum atomic E-state index is 13.6. The summed E-state index contributed by atoms with van der Waals surface area (Å²) in [7, 11) is 0. The van der Waals surface area contributed by atoms with Crippen LogP contribution >= 0.6 is 23.2 Å². The first-order valence-corrected chi connectivity index (χ1v) is 7.61. The number of aryl methyl sites for hydroxylation is 1. The molecule has 0 saturated heterocycles. The molecule has 21 heavy (non-hydrogen) atoms. The van der Waals surface area contributed by atoms with E-state index >= 15 is 0 Å². The van der Waals surface area contributed by atoms with Crippen molar-refractivity contribution >= 4 is 23.2 Å². The van der Waals surface area contributed by atoms with Crippen molar-refractivity contribution in [3.63, 3.8) is 0 Å². The number of halogens is 3. The smallest absolute Gasteiger partial charge is 0.142 e. The molecule has 0 spiro atoms. The Morgan fingerprint density at radius 2 is 1.57 bits per heavy atom. The van der Waals surface area contributed by atoms with Crippen LogP contribution in [0.15, 0.2) is 36.4 Å². The molecule has 1 N–H and O–H groups in total. The Morgan fingerprint density at radius 3 is 2.19 bits per heavy atom. The van der Waals surface area contributed by atoms with Crippen molar-refractivity contribution in [1.82, 2.24) is 5.32 Å². The van der Waals surface area contributed by atoms with E-state index in [9.17, 15) is 4.39 Å². The predicted molar refractivity (Wildman–Crippen MR) is 87.6 cm³/mol. The SMILES string of the molecule is Cc1ccc([C@@H](C)NC(C)c2cc(F)c(Cl)cc2Cl)cc1. The fraction of sp³-hybridized carbons (Fsp3) is 0.294. The Morgan fingerprint density at radius 1 is 0.952 bits per heavy atom. The van der Waals surface area contributed by atoms with Gasteiger partial charge in [-0.05, 0) is 44.0 Å². The second-order valence-corrected chi connectivity index (χ2v) is 6.12. The van der Waals surface area contributed by atoms with Gasteiger partial charge in [-0.25, -0.2) is 4.39 Å². The van der Waals surface area contributed by atoms with Crippen molar-refractivity contribution in [3.05, 3.63) is 69.0 Å². The second kappa shape index (κ2) is 6.78. The average molecular weight is 326 g/mol. The van der Waals surface area contributed by atoms with Crippen LogP contribution in [0.5, 0.6) is 0 Å². The molecule has 0 aliphatic heterocycles. The molecule has 112 valence electrons. The quantitative estimate of drug-likeness (QED) is 0.695. The Bertz CT molecular complexity index is 625. The Hall–Kier alpha value is -1.09. The standard InChI is InChI=1S/C17H18Cl2FN/c1-10-4-6-13(7-5-10)11(2)21-12(3)14-8-17(20)16(19)9-15(14)18/h4-9,11-12,21H,1-3H3/t11-,12?/m1/s1.